The van der Waals surface area contributed by atoms with E-state index in [-0.39, 0.29) is 5.95 Å². The first-order valence-corrected chi connectivity index (χ1v) is 4.90. The van der Waals surface area contributed by atoms with Crippen molar-refractivity contribution >= 4 is 11.9 Å². The molecule has 0 aliphatic heterocycles. The largest absolute Gasteiger partial charge is 0.481 e. The Kier molecular flexibility index (Phi) is 2.10. The van der Waals surface area contributed by atoms with E-state index in [9.17, 15) is 9.90 Å². The SMILES string of the molecule is Cc1cc(C2(C(=O)O)CCC2)nc(N)n1. The zero-order chi connectivity index (χ0) is 11.1. The molecule has 1 saturated carbocycles. The summed E-state index contributed by atoms with van der Waals surface area (Å²) in [7, 11) is 0. The number of carboxylic acids is 1. The number of hydrogen-bond donors (Lipinski definition) is 2. The third kappa shape index (κ3) is 1.44. The number of anilines is 1. The predicted octanol–water partition coefficient (Wildman–Crippen LogP) is 0.874. The Hall–Kier alpha value is -1.65. The Morgan fingerprint density at radius 1 is 1.53 bits per heavy atom. The molecule has 0 unspecified atom stereocenters. The minimum atomic E-state index is -0.818. The maximum Gasteiger partial charge on any atom is 0.315 e. The topological polar surface area (TPSA) is 89.1 Å². The monoisotopic (exact) mass is 207 g/mol. The van der Waals surface area contributed by atoms with Crippen LogP contribution in [0.15, 0.2) is 6.07 Å². The van der Waals surface area contributed by atoms with Gasteiger partial charge >= 0.3 is 5.97 Å². The van der Waals surface area contributed by atoms with Crippen molar-refractivity contribution in [3.63, 3.8) is 0 Å². The molecule has 0 atom stereocenters. The van der Waals surface area contributed by atoms with Crippen LogP contribution in [0.1, 0.15) is 30.7 Å². The molecule has 0 spiro atoms. The van der Waals surface area contributed by atoms with Gasteiger partial charge in [0.1, 0.15) is 5.41 Å². The summed E-state index contributed by atoms with van der Waals surface area (Å²) in [4.78, 5) is 19.2. The van der Waals surface area contributed by atoms with Crippen LogP contribution in [0.2, 0.25) is 0 Å². The Morgan fingerprint density at radius 3 is 2.60 bits per heavy atom. The van der Waals surface area contributed by atoms with E-state index in [1.165, 1.54) is 0 Å². The normalized spacial score (nSPS) is 18.2. The van der Waals surface area contributed by atoms with Crippen molar-refractivity contribution in [2.75, 3.05) is 5.73 Å². The molecule has 80 valence electrons. The van der Waals surface area contributed by atoms with Crippen LogP contribution in [0.5, 0.6) is 0 Å². The van der Waals surface area contributed by atoms with Crippen molar-refractivity contribution in [2.24, 2.45) is 0 Å². The summed E-state index contributed by atoms with van der Waals surface area (Å²) >= 11 is 0. The van der Waals surface area contributed by atoms with Crippen LogP contribution >= 0.6 is 0 Å². The standard InChI is InChI=1S/C10H13N3O2/c1-6-5-7(13-9(11)12-6)10(8(14)15)3-2-4-10/h5H,2-4H2,1H3,(H,14,15)(H2,11,12,13). The Bertz CT molecular complexity index is 393. The average Bonchev–Trinajstić information content (AvgIpc) is 1.97. The quantitative estimate of drug-likeness (QED) is 0.751. The molecule has 3 N–H and O–H groups in total. The molecule has 1 aliphatic rings. The molecular weight excluding hydrogens is 194 g/mol. The molecule has 1 heterocycles. The first kappa shape index (κ1) is 9.89. The number of aromatic nitrogens is 2. The fraction of sp³-hybridized carbons (Fsp3) is 0.500. The summed E-state index contributed by atoms with van der Waals surface area (Å²) in [6, 6.07) is 1.71. The van der Waals surface area contributed by atoms with Gasteiger partial charge in [0.15, 0.2) is 0 Å². The number of hydrogen-bond acceptors (Lipinski definition) is 4. The minimum Gasteiger partial charge on any atom is -0.481 e. The highest BCUT2D eigenvalue weighted by Gasteiger charge is 2.47. The second-order valence-electron chi connectivity index (χ2n) is 3.99. The summed E-state index contributed by atoms with van der Waals surface area (Å²) in [5.41, 5.74) is 5.96. The molecule has 0 amide bonds. The number of nitrogens with zero attached hydrogens (tertiary/aromatic N) is 2. The number of rotatable bonds is 2. The van der Waals surface area contributed by atoms with E-state index in [1.807, 2.05) is 0 Å². The van der Waals surface area contributed by atoms with Gasteiger partial charge in [-0.15, -0.1) is 0 Å². The van der Waals surface area contributed by atoms with E-state index in [2.05, 4.69) is 9.97 Å². The number of aliphatic carboxylic acids is 1. The molecule has 5 heteroatoms. The van der Waals surface area contributed by atoms with Crippen molar-refractivity contribution in [2.45, 2.75) is 31.6 Å². The maximum atomic E-state index is 11.2. The Balaban J connectivity index is 2.47. The number of nitrogen functional groups attached to an aromatic ring is 1. The molecule has 0 radical (unpaired) electrons. The van der Waals surface area contributed by atoms with Crippen LogP contribution in [0.4, 0.5) is 5.95 Å². The number of nitrogens with two attached hydrogens (primary N) is 1. The second kappa shape index (κ2) is 3.18. The lowest BCUT2D eigenvalue weighted by atomic mass is 9.66. The van der Waals surface area contributed by atoms with E-state index >= 15 is 0 Å². The predicted molar refractivity (Wildman–Crippen MR) is 54.3 cm³/mol. The van der Waals surface area contributed by atoms with Gasteiger partial charge in [-0.25, -0.2) is 9.97 Å². The number of carboxylic acid groups (broad SMARTS) is 1. The van der Waals surface area contributed by atoms with Gasteiger partial charge in [0.25, 0.3) is 0 Å². The fourth-order valence-corrected chi connectivity index (χ4v) is 1.95. The minimum absolute atomic E-state index is 0.150. The van der Waals surface area contributed by atoms with Crippen LogP contribution in [0.3, 0.4) is 0 Å². The zero-order valence-corrected chi connectivity index (χ0v) is 8.53. The molecular formula is C10H13N3O2. The zero-order valence-electron chi connectivity index (χ0n) is 8.53. The van der Waals surface area contributed by atoms with Crippen LogP contribution in [-0.2, 0) is 10.2 Å². The van der Waals surface area contributed by atoms with Crippen LogP contribution < -0.4 is 5.73 Å². The lowest BCUT2D eigenvalue weighted by molar-refractivity contribution is -0.147. The van der Waals surface area contributed by atoms with Gasteiger partial charge in [0.2, 0.25) is 5.95 Å². The van der Waals surface area contributed by atoms with Crippen molar-refractivity contribution in [1.82, 2.24) is 9.97 Å². The molecule has 0 saturated heterocycles. The summed E-state index contributed by atoms with van der Waals surface area (Å²) < 4.78 is 0. The molecule has 1 aromatic rings. The van der Waals surface area contributed by atoms with Gasteiger partial charge < -0.3 is 10.8 Å². The molecule has 0 aromatic carbocycles. The summed E-state index contributed by atoms with van der Waals surface area (Å²) in [5.74, 6) is -0.663. The molecule has 5 nitrogen and oxygen atoms in total. The number of carbonyl (C=O) groups is 1. The Morgan fingerprint density at radius 2 is 2.20 bits per heavy atom. The van der Waals surface area contributed by atoms with E-state index in [0.717, 1.165) is 6.42 Å². The fourth-order valence-electron chi connectivity index (χ4n) is 1.95. The molecule has 1 aliphatic carbocycles. The first-order valence-electron chi connectivity index (χ1n) is 4.90. The van der Waals surface area contributed by atoms with Crippen molar-refractivity contribution in [1.29, 1.82) is 0 Å². The van der Waals surface area contributed by atoms with E-state index < -0.39 is 11.4 Å². The summed E-state index contributed by atoms with van der Waals surface area (Å²) in [6.45, 7) is 1.79. The van der Waals surface area contributed by atoms with Crippen LogP contribution in [-0.4, -0.2) is 21.0 Å². The van der Waals surface area contributed by atoms with Gasteiger partial charge in [-0.3, -0.25) is 4.79 Å². The van der Waals surface area contributed by atoms with Gasteiger partial charge in [-0.2, -0.15) is 0 Å². The van der Waals surface area contributed by atoms with E-state index in [0.29, 0.717) is 24.2 Å². The first-order chi connectivity index (χ1) is 7.04. The van der Waals surface area contributed by atoms with Crippen molar-refractivity contribution in [3.05, 3.63) is 17.5 Å². The third-order valence-corrected chi connectivity index (χ3v) is 2.98. The Labute approximate surface area is 87.4 Å². The lowest BCUT2D eigenvalue weighted by Gasteiger charge is -2.37. The van der Waals surface area contributed by atoms with Gasteiger partial charge in [0.05, 0.1) is 5.69 Å². The van der Waals surface area contributed by atoms with Gasteiger partial charge in [-0.05, 0) is 25.8 Å². The van der Waals surface area contributed by atoms with Crippen LogP contribution in [0, 0.1) is 6.92 Å². The summed E-state index contributed by atoms with van der Waals surface area (Å²) in [6.07, 6.45) is 2.20. The third-order valence-electron chi connectivity index (χ3n) is 2.98. The molecule has 2 rings (SSSR count). The van der Waals surface area contributed by atoms with E-state index in [1.54, 1.807) is 13.0 Å². The maximum absolute atomic E-state index is 11.2. The highest BCUT2D eigenvalue weighted by Crippen LogP contribution is 2.43. The van der Waals surface area contributed by atoms with Crippen LogP contribution in [0.25, 0.3) is 0 Å². The van der Waals surface area contributed by atoms with Crippen molar-refractivity contribution < 1.29 is 9.90 Å². The molecule has 15 heavy (non-hydrogen) atoms. The van der Waals surface area contributed by atoms with Gasteiger partial charge in [0, 0.05) is 5.69 Å². The molecule has 1 fully saturated rings. The summed E-state index contributed by atoms with van der Waals surface area (Å²) in [5, 5.41) is 9.22. The lowest BCUT2D eigenvalue weighted by Crippen LogP contribution is -2.43. The van der Waals surface area contributed by atoms with E-state index in [4.69, 9.17) is 5.73 Å². The molecule has 0 bridgehead atoms. The smallest absolute Gasteiger partial charge is 0.315 e. The highest BCUT2D eigenvalue weighted by atomic mass is 16.4. The second-order valence-corrected chi connectivity index (χ2v) is 3.99. The highest BCUT2D eigenvalue weighted by molar-refractivity contribution is 5.82. The number of aryl methyl sites for hydroxylation is 1. The molecule has 1 aromatic heterocycles. The average molecular weight is 207 g/mol. The van der Waals surface area contributed by atoms with Crippen molar-refractivity contribution in [3.8, 4) is 0 Å². The van der Waals surface area contributed by atoms with Gasteiger partial charge in [-0.1, -0.05) is 6.42 Å².